The molecule has 1 fully saturated rings. The van der Waals surface area contributed by atoms with Gasteiger partial charge in [0.1, 0.15) is 0 Å². The molecule has 0 N–H and O–H groups in total. The van der Waals surface area contributed by atoms with E-state index in [1.807, 2.05) is 18.2 Å². The zero-order valence-corrected chi connectivity index (χ0v) is 13.9. The van der Waals surface area contributed by atoms with Gasteiger partial charge in [0, 0.05) is 23.4 Å². The molecule has 1 aromatic carbocycles. The number of hydrogen-bond donors (Lipinski definition) is 0. The minimum absolute atomic E-state index is 0.457. The van der Waals surface area contributed by atoms with Crippen molar-refractivity contribution in [3.63, 3.8) is 0 Å². The fourth-order valence-electron chi connectivity index (χ4n) is 2.51. The third-order valence-corrected chi connectivity index (χ3v) is 4.59. The summed E-state index contributed by atoms with van der Waals surface area (Å²) in [6, 6.07) is 7.88. The van der Waals surface area contributed by atoms with Gasteiger partial charge in [0.15, 0.2) is 5.16 Å². The van der Waals surface area contributed by atoms with Gasteiger partial charge in [0.25, 0.3) is 0 Å². The molecule has 1 aliphatic rings. The fraction of sp³-hybridized carbons (Fsp3) is 0.467. The van der Waals surface area contributed by atoms with Crippen LogP contribution in [0.25, 0.3) is 5.69 Å². The molecule has 112 valence electrons. The van der Waals surface area contributed by atoms with Gasteiger partial charge >= 0.3 is 0 Å². The Morgan fingerprint density at radius 1 is 1.19 bits per heavy atom. The maximum absolute atomic E-state index is 6.16. The topological polar surface area (TPSA) is 34.0 Å². The van der Waals surface area contributed by atoms with Gasteiger partial charge in [0.05, 0.1) is 5.69 Å². The molecule has 0 radical (unpaired) electrons. The van der Waals surface area contributed by atoms with Crippen molar-refractivity contribution >= 4 is 29.3 Å². The normalized spacial score (nSPS) is 15.1. The predicted octanol–water partition coefficient (Wildman–Crippen LogP) is 4.02. The third kappa shape index (κ3) is 3.19. The van der Waals surface area contributed by atoms with Crippen LogP contribution in [0.4, 0.5) is 5.95 Å². The second kappa shape index (κ2) is 6.28. The Kier molecular flexibility index (Phi) is 4.40. The van der Waals surface area contributed by atoms with E-state index in [0.29, 0.717) is 5.25 Å². The lowest BCUT2D eigenvalue weighted by Crippen LogP contribution is -2.22. The molecule has 1 saturated heterocycles. The summed E-state index contributed by atoms with van der Waals surface area (Å²) in [4.78, 5) is 2.30. The number of rotatable bonds is 4. The van der Waals surface area contributed by atoms with Crippen LogP contribution in [0.15, 0.2) is 29.4 Å². The van der Waals surface area contributed by atoms with Crippen molar-refractivity contribution in [2.45, 2.75) is 37.1 Å². The highest BCUT2D eigenvalue weighted by molar-refractivity contribution is 7.99. The van der Waals surface area contributed by atoms with Crippen LogP contribution in [0.5, 0.6) is 0 Å². The number of nitrogens with zero attached hydrogens (tertiary/aromatic N) is 4. The Morgan fingerprint density at radius 3 is 2.62 bits per heavy atom. The van der Waals surface area contributed by atoms with E-state index in [1.165, 1.54) is 12.8 Å². The summed E-state index contributed by atoms with van der Waals surface area (Å²) in [5.74, 6) is 0.929. The molecule has 0 spiro atoms. The van der Waals surface area contributed by atoms with Crippen LogP contribution >= 0.6 is 23.4 Å². The lowest BCUT2D eigenvalue weighted by Gasteiger charge is -2.18. The molecule has 0 atom stereocenters. The molecule has 6 heteroatoms. The molecule has 2 heterocycles. The maximum atomic E-state index is 6.16. The number of thioether (sulfide) groups is 1. The molecule has 1 aromatic heterocycles. The standard InChI is InChI=1S/C15H19ClN4S/c1-11(2)21-15-18-17-14(19-8-3-4-9-19)20(15)13-7-5-6-12(16)10-13/h5-7,10-11H,3-4,8-9H2,1-2H3. The first kappa shape index (κ1) is 14.7. The molecule has 0 unspecified atom stereocenters. The first-order valence-electron chi connectivity index (χ1n) is 7.28. The average Bonchev–Trinajstić information content (AvgIpc) is 3.06. The van der Waals surface area contributed by atoms with Crippen molar-refractivity contribution in [2.24, 2.45) is 0 Å². The third-order valence-electron chi connectivity index (χ3n) is 3.41. The van der Waals surface area contributed by atoms with Crippen LogP contribution in [0.2, 0.25) is 5.02 Å². The second-order valence-corrected chi connectivity index (χ2v) is 7.44. The Bertz CT molecular complexity index is 620. The molecular weight excluding hydrogens is 304 g/mol. The van der Waals surface area contributed by atoms with Crippen molar-refractivity contribution < 1.29 is 0 Å². The predicted molar refractivity (Wildman–Crippen MR) is 88.8 cm³/mol. The van der Waals surface area contributed by atoms with E-state index in [0.717, 1.165) is 34.9 Å². The van der Waals surface area contributed by atoms with E-state index in [4.69, 9.17) is 11.6 Å². The van der Waals surface area contributed by atoms with Gasteiger partial charge in [-0.25, -0.2) is 0 Å². The highest BCUT2D eigenvalue weighted by atomic mass is 35.5. The Hall–Kier alpha value is -1.20. The van der Waals surface area contributed by atoms with Crippen LogP contribution in [-0.4, -0.2) is 33.1 Å². The quantitative estimate of drug-likeness (QED) is 0.796. The van der Waals surface area contributed by atoms with E-state index in [2.05, 4.69) is 39.6 Å². The maximum Gasteiger partial charge on any atom is 0.232 e. The van der Waals surface area contributed by atoms with E-state index in [9.17, 15) is 0 Å². The van der Waals surface area contributed by atoms with Crippen LogP contribution in [0.1, 0.15) is 26.7 Å². The highest BCUT2D eigenvalue weighted by Crippen LogP contribution is 2.31. The largest absolute Gasteiger partial charge is 0.341 e. The Morgan fingerprint density at radius 2 is 1.95 bits per heavy atom. The fourth-order valence-corrected chi connectivity index (χ4v) is 3.50. The number of anilines is 1. The molecular formula is C15H19ClN4S. The molecule has 3 rings (SSSR count). The molecule has 1 aliphatic heterocycles. The van der Waals surface area contributed by atoms with Crippen molar-refractivity contribution in [3.8, 4) is 5.69 Å². The zero-order valence-electron chi connectivity index (χ0n) is 12.3. The van der Waals surface area contributed by atoms with Crippen LogP contribution < -0.4 is 4.90 Å². The van der Waals surface area contributed by atoms with E-state index < -0.39 is 0 Å². The van der Waals surface area contributed by atoms with Crippen molar-refractivity contribution in [2.75, 3.05) is 18.0 Å². The first-order chi connectivity index (χ1) is 10.1. The van der Waals surface area contributed by atoms with Crippen LogP contribution in [0, 0.1) is 0 Å². The molecule has 2 aromatic rings. The highest BCUT2D eigenvalue weighted by Gasteiger charge is 2.22. The van der Waals surface area contributed by atoms with Gasteiger partial charge in [-0.1, -0.05) is 43.3 Å². The smallest absolute Gasteiger partial charge is 0.232 e. The summed E-state index contributed by atoms with van der Waals surface area (Å²) in [5, 5.41) is 10.9. The molecule has 0 saturated carbocycles. The van der Waals surface area contributed by atoms with E-state index in [-0.39, 0.29) is 0 Å². The van der Waals surface area contributed by atoms with Gasteiger partial charge in [-0.05, 0) is 31.0 Å². The van der Waals surface area contributed by atoms with E-state index >= 15 is 0 Å². The average molecular weight is 323 g/mol. The van der Waals surface area contributed by atoms with Crippen molar-refractivity contribution in [1.29, 1.82) is 0 Å². The van der Waals surface area contributed by atoms with Gasteiger partial charge < -0.3 is 4.90 Å². The summed E-state index contributed by atoms with van der Waals surface area (Å²) in [6.07, 6.45) is 2.43. The van der Waals surface area contributed by atoms with Crippen molar-refractivity contribution in [3.05, 3.63) is 29.3 Å². The summed E-state index contributed by atoms with van der Waals surface area (Å²) in [5.41, 5.74) is 1.03. The zero-order chi connectivity index (χ0) is 14.8. The first-order valence-corrected chi connectivity index (χ1v) is 8.54. The van der Waals surface area contributed by atoms with Gasteiger partial charge in [-0.2, -0.15) is 0 Å². The van der Waals surface area contributed by atoms with Gasteiger partial charge in [-0.3, -0.25) is 4.57 Å². The summed E-state index contributed by atoms with van der Waals surface area (Å²) < 4.78 is 2.13. The number of halogens is 1. The molecule has 21 heavy (non-hydrogen) atoms. The van der Waals surface area contributed by atoms with Gasteiger partial charge in [0.2, 0.25) is 5.95 Å². The summed E-state index contributed by atoms with van der Waals surface area (Å²) >= 11 is 7.88. The molecule has 0 aliphatic carbocycles. The lowest BCUT2D eigenvalue weighted by atomic mass is 10.3. The van der Waals surface area contributed by atoms with Gasteiger partial charge in [-0.15, -0.1) is 10.2 Å². The Balaban J connectivity index is 2.07. The number of hydrogen-bond acceptors (Lipinski definition) is 4. The summed E-state index contributed by atoms with van der Waals surface area (Å²) in [6.45, 7) is 6.42. The molecule has 0 amide bonds. The van der Waals surface area contributed by atoms with E-state index in [1.54, 1.807) is 11.8 Å². The summed E-state index contributed by atoms with van der Waals surface area (Å²) in [7, 11) is 0. The SMILES string of the molecule is CC(C)Sc1nnc(N2CCCC2)n1-c1cccc(Cl)c1. The molecule has 4 nitrogen and oxygen atoms in total. The lowest BCUT2D eigenvalue weighted by molar-refractivity contribution is 0.839. The minimum atomic E-state index is 0.457. The van der Waals surface area contributed by atoms with Crippen LogP contribution in [0.3, 0.4) is 0 Å². The second-order valence-electron chi connectivity index (χ2n) is 5.46. The monoisotopic (exact) mass is 322 g/mol. The molecule has 0 bridgehead atoms. The number of benzene rings is 1. The van der Waals surface area contributed by atoms with Crippen molar-refractivity contribution in [1.82, 2.24) is 14.8 Å². The van der Waals surface area contributed by atoms with Crippen LogP contribution in [-0.2, 0) is 0 Å². The minimum Gasteiger partial charge on any atom is -0.341 e. The number of aromatic nitrogens is 3. The Labute approximate surface area is 134 Å².